The van der Waals surface area contributed by atoms with Crippen molar-refractivity contribution in [3.63, 3.8) is 0 Å². The molecular weight excluding hydrogens is 540 g/mol. The van der Waals surface area contributed by atoms with E-state index in [1.165, 1.54) is 16.7 Å². The van der Waals surface area contributed by atoms with Gasteiger partial charge in [0.1, 0.15) is 18.2 Å². The summed E-state index contributed by atoms with van der Waals surface area (Å²) < 4.78 is 0.761. The molecule has 4 aliphatic heterocycles. The van der Waals surface area contributed by atoms with Crippen LogP contribution in [0, 0.1) is 11.8 Å². The normalized spacial score (nSPS) is 29.1. The van der Waals surface area contributed by atoms with Gasteiger partial charge in [-0.2, -0.15) is 0 Å². The molecule has 0 bridgehead atoms. The molecule has 210 valence electrons. The van der Waals surface area contributed by atoms with Crippen LogP contribution in [0.25, 0.3) is 11.0 Å². The van der Waals surface area contributed by atoms with Crippen molar-refractivity contribution in [2.75, 3.05) is 26.2 Å². The predicted octanol–water partition coefficient (Wildman–Crippen LogP) is 1.68. The van der Waals surface area contributed by atoms with Crippen LogP contribution in [0.1, 0.15) is 5.56 Å². The summed E-state index contributed by atoms with van der Waals surface area (Å²) in [6, 6.07) is 16.5. The molecule has 3 aromatic rings. The summed E-state index contributed by atoms with van der Waals surface area (Å²) in [5.41, 5.74) is 2.56. The maximum atomic E-state index is 14.3. The molecule has 1 N–H and O–H groups in total. The number of para-hydroxylation sites is 1. The van der Waals surface area contributed by atoms with Crippen molar-refractivity contribution < 1.29 is 19.5 Å². The number of aromatic nitrogens is 3. The molecule has 5 heterocycles. The molecule has 0 saturated carbocycles. The van der Waals surface area contributed by atoms with E-state index in [-0.39, 0.29) is 42.8 Å². The molecule has 5 atom stereocenters. The zero-order chi connectivity index (χ0) is 28.1. The Bertz CT molecular complexity index is 1570. The maximum absolute atomic E-state index is 14.3. The first-order valence-electron chi connectivity index (χ1n) is 13.8. The number of aliphatic hydroxyl groups is 1. The van der Waals surface area contributed by atoms with Crippen molar-refractivity contribution in [1.29, 1.82) is 0 Å². The third-order valence-corrected chi connectivity index (χ3v) is 10.4. The standard InChI is InChI=1S/C30H30N6O4S/c37-17-16-35-26-29(40)34(19-36-22-11-5-4-10-21(22)31-32-36)15-7-13-30(26)25(28(35)39)24-23(41-30)12-6-14-33(27(24)38)18-20-8-2-1-3-9-20/h1-13,23-26,37H,14-19H2/t23-,24+,25-,26?,30-/m0/s1. The second-order valence-electron chi connectivity index (χ2n) is 10.9. The molecule has 2 fully saturated rings. The van der Waals surface area contributed by atoms with E-state index in [1.807, 2.05) is 78.9 Å². The number of carbonyl (C=O) groups excluding carboxylic acids is 3. The molecule has 41 heavy (non-hydrogen) atoms. The Balaban J connectivity index is 1.24. The summed E-state index contributed by atoms with van der Waals surface area (Å²) in [6.07, 6.45) is 7.96. The maximum Gasteiger partial charge on any atom is 0.248 e. The van der Waals surface area contributed by atoms with Crippen LogP contribution in [0.2, 0.25) is 0 Å². The van der Waals surface area contributed by atoms with Gasteiger partial charge in [0, 0.05) is 31.4 Å². The smallest absolute Gasteiger partial charge is 0.248 e. The summed E-state index contributed by atoms with van der Waals surface area (Å²) in [7, 11) is 0. The van der Waals surface area contributed by atoms with Gasteiger partial charge in [-0.3, -0.25) is 14.4 Å². The van der Waals surface area contributed by atoms with E-state index in [0.29, 0.717) is 19.6 Å². The molecule has 2 saturated heterocycles. The van der Waals surface area contributed by atoms with Gasteiger partial charge in [0.05, 0.1) is 28.7 Å². The second-order valence-corrected chi connectivity index (χ2v) is 12.4. The highest BCUT2D eigenvalue weighted by Gasteiger charge is 2.70. The lowest BCUT2D eigenvalue weighted by Gasteiger charge is -2.35. The summed E-state index contributed by atoms with van der Waals surface area (Å²) in [5, 5.41) is 18.2. The zero-order valence-electron chi connectivity index (χ0n) is 22.3. The van der Waals surface area contributed by atoms with E-state index < -0.39 is 22.6 Å². The summed E-state index contributed by atoms with van der Waals surface area (Å²) >= 11 is 1.54. The minimum absolute atomic E-state index is 0.0249. The van der Waals surface area contributed by atoms with Crippen molar-refractivity contribution in [3.8, 4) is 0 Å². The monoisotopic (exact) mass is 570 g/mol. The fourth-order valence-corrected chi connectivity index (χ4v) is 8.85. The number of aliphatic hydroxyl groups excluding tert-OH is 1. The lowest BCUT2D eigenvalue weighted by molar-refractivity contribution is -0.145. The van der Waals surface area contributed by atoms with E-state index in [0.717, 1.165) is 16.6 Å². The molecule has 11 heteroatoms. The van der Waals surface area contributed by atoms with E-state index in [4.69, 9.17) is 0 Å². The van der Waals surface area contributed by atoms with Gasteiger partial charge in [0.25, 0.3) is 0 Å². The Morgan fingerprint density at radius 1 is 0.927 bits per heavy atom. The van der Waals surface area contributed by atoms with Crippen molar-refractivity contribution in [2.45, 2.75) is 29.3 Å². The molecule has 3 amide bonds. The number of β-amino-alcohol motifs (C(OH)–C–C–N with tert-alkyl or cyclic N) is 1. The van der Waals surface area contributed by atoms with E-state index in [2.05, 4.69) is 10.3 Å². The topological polar surface area (TPSA) is 112 Å². The van der Waals surface area contributed by atoms with Gasteiger partial charge < -0.3 is 19.8 Å². The van der Waals surface area contributed by atoms with Crippen LogP contribution in [-0.4, -0.2) is 94.8 Å². The Labute approximate surface area is 241 Å². The van der Waals surface area contributed by atoms with Crippen LogP contribution < -0.4 is 0 Å². The number of hydrogen-bond donors (Lipinski definition) is 1. The number of amides is 3. The minimum atomic E-state index is -0.923. The van der Waals surface area contributed by atoms with Crippen LogP contribution in [0.15, 0.2) is 78.9 Å². The van der Waals surface area contributed by atoms with Crippen LogP contribution in [0.3, 0.4) is 0 Å². The number of thioether (sulfide) groups is 1. The number of hydrogen-bond acceptors (Lipinski definition) is 7. The largest absolute Gasteiger partial charge is 0.395 e. The van der Waals surface area contributed by atoms with Crippen LogP contribution in [0.4, 0.5) is 0 Å². The van der Waals surface area contributed by atoms with E-state index >= 15 is 0 Å². The van der Waals surface area contributed by atoms with E-state index in [1.54, 1.807) is 14.5 Å². The molecule has 4 aliphatic rings. The van der Waals surface area contributed by atoms with Crippen LogP contribution in [-0.2, 0) is 27.6 Å². The van der Waals surface area contributed by atoms with Crippen molar-refractivity contribution in [1.82, 2.24) is 29.7 Å². The highest BCUT2D eigenvalue weighted by atomic mass is 32.2. The fraction of sp³-hybridized carbons (Fsp3) is 0.367. The number of rotatable bonds is 6. The van der Waals surface area contributed by atoms with Gasteiger partial charge in [0.2, 0.25) is 17.7 Å². The molecular formula is C30H30N6O4S. The van der Waals surface area contributed by atoms with Crippen molar-refractivity contribution in [2.24, 2.45) is 11.8 Å². The Kier molecular flexibility index (Phi) is 6.43. The van der Waals surface area contributed by atoms with Gasteiger partial charge in [0.15, 0.2) is 0 Å². The highest BCUT2D eigenvalue weighted by Crippen LogP contribution is 2.61. The average molecular weight is 571 g/mol. The van der Waals surface area contributed by atoms with Crippen molar-refractivity contribution >= 4 is 40.5 Å². The van der Waals surface area contributed by atoms with Crippen LogP contribution in [0.5, 0.6) is 0 Å². The lowest BCUT2D eigenvalue weighted by atomic mass is 9.78. The molecule has 1 aromatic heterocycles. The van der Waals surface area contributed by atoms with Gasteiger partial charge in [-0.25, -0.2) is 4.68 Å². The molecule has 1 unspecified atom stereocenters. The predicted molar refractivity (Wildman–Crippen MR) is 153 cm³/mol. The van der Waals surface area contributed by atoms with Crippen molar-refractivity contribution in [3.05, 3.63) is 84.5 Å². The third-order valence-electron chi connectivity index (χ3n) is 8.61. The van der Waals surface area contributed by atoms with Gasteiger partial charge in [-0.1, -0.05) is 72.0 Å². The molecule has 0 aliphatic carbocycles. The first-order valence-corrected chi connectivity index (χ1v) is 14.7. The second kappa shape index (κ2) is 10.1. The Hall–Kier alpha value is -3.96. The summed E-state index contributed by atoms with van der Waals surface area (Å²) in [4.78, 5) is 47.6. The number of benzene rings is 2. The SMILES string of the molecule is O=C1C2N(CCO)C(=O)[C@@H]3[C@@H]4C(=O)N(Cc5ccccc5)CC=C[C@@H]4S[C@]23C=CCN1Cn1nnc2ccccc21. The van der Waals surface area contributed by atoms with Crippen LogP contribution >= 0.6 is 11.8 Å². The number of likely N-dealkylation sites (tertiary alicyclic amines) is 1. The molecule has 10 nitrogen and oxygen atoms in total. The number of nitrogens with zero attached hydrogens (tertiary/aromatic N) is 6. The molecule has 1 spiro atoms. The first-order chi connectivity index (χ1) is 20.0. The highest BCUT2D eigenvalue weighted by molar-refractivity contribution is 8.02. The quantitative estimate of drug-likeness (QED) is 0.449. The van der Waals surface area contributed by atoms with Gasteiger partial charge in [-0.05, 0) is 17.7 Å². The average Bonchev–Trinajstić information content (AvgIpc) is 3.54. The fourth-order valence-electron chi connectivity index (χ4n) is 6.84. The lowest BCUT2D eigenvalue weighted by Crippen LogP contribution is -2.53. The Morgan fingerprint density at radius 3 is 2.54 bits per heavy atom. The Morgan fingerprint density at radius 2 is 1.71 bits per heavy atom. The minimum Gasteiger partial charge on any atom is -0.395 e. The zero-order valence-corrected chi connectivity index (χ0v) is 23.1. The molecule has 2 aromatic carbocycles. The molecule has 7 rings (SSSR count). The summed E-state index contributed by atoms with van der Waals surface area (Å²) in [6.45, 7) is 1.17. The number of carbonyl (C=O) groups is 3. The summed E-state index contributed by atoms with van der Waals surface area (Å²) in [5.74, 6) is -1.87. The van der Waals surface area contributed by atoms with E-state index in [9.17, 15) is 19.5 Å². The third kappa shape index (κ3) is 4.09. The number of fused-ring (bicyclic) bond motifs is 3. The van der Waals surface area contributed by atoms with Gasteiger partial charge in [-0.15, -0.1) is 16.9 Å². The first kappa shape index (κ1) is 26.0. The molecule has 0 radical (unpaired) electrons. The van der Waals surface area contributed by atoms with Gasteiger partial charge >= 0.3 is 0 Å².